The van der Waals surface area contributed by atoms with Crippen LogP contribution < -0.4 is 10.9 Å². The Morgan fingerprint density at radius 3 is 3.11 bits per heavy atom. The minimum Gasteiger partial charge on any atom is -0.315 e. The highest BCUT2D eigenvalue weighted by Crippen LogP contribution is 2.16. The molecule has 0 bridgehead atoms. The average Bonchev–Trinajstić information content (AvgIpc) is 2.40. The Balaban J connectivity index is 2.11. The van der Waals surface area contributed by atoms with Crippen molar-refractivity contribution in [3.63, 3.8) is 0 Å². The monoisotopic (exact) mass is 243 g/mol. The molecule has 4 heteroatoms. The molecule has 0 aliphatic carbocycles. The molecule has 1 saturated heterocycles. The van der Waals surface area contributed by atoms with E-state index < -0.39 is 0 Å². The normalized spacial score (nSPS) is 20.2. The van der Waals surface area contributed by atoms with Gasteiger partial charge in [-0.15, -0.1) is 0 Å². The second-order valence-corrected chi connectivity index (χ2v) is 4.98. The summed E-state index contributed by atoms with van der Waals surface area (Å²) in [5, 5.41) is 4.05. The molecule has 2 heterocycles. The van der Waals surface area contributed by atoms with Gasteiger partial charge in [0.1, 0.15) is 0 Å². The summed E-state index contributed by atoms with van der Waals surface area (Å²) < 4.78 is 1.78. The van der Waals surface area contributed by atoms with Crippen LogP contribution in [0.4, 0.5) is 0 Å². The highest BCUT2D eigenvalue weighted by Gasteiger charge is 2.17. The summed E-state index contributed by atoms with van der Waals surface area (Å²) in [5.74, 6) is 0. The predicted molar refractivity (Wildman–Crippen MR) is 71.9 cm³/mol. The van der Waals surface area contributed by atoms with Crippen molar-refractivity contribution >= 4 is 10.9 Å². The topological polar surface area (TPSA) is 46.9 Å². The van der Waals surface area contributed by atoms with E-state index in [0.29, 0.717) is 5.39 Å². The summed E-state index contributed by atoms with van der Waals surface area (Å²) >= 11 is 0. The number of hydrogen-bond acceptors (Lipinski definition) is 3. The van der Waals surface area contributed by atoms with Gasteiger partial charge in [0.25, 0.3) is 5.56 Å². The lowest BCUT2D eigenvalue weighted by molar-refractivity contribution is 0.363. The molecule has 0 amide bonds. The molecule has 1 aliphatic rings. The van der Waals surface area contributed by atoms with Gasteiger partial charge in [-0.3, -0.25) is 9.36 Å². The number of hydrogen-bond donors (Lipinski definition) is 1. The number of aromatic nitrogens is 2. The molecule has 1 fully saturated rings. The maximum atomic E-state index is 12.4. The Morgan fingerprint density at radius 1 is 1.44 bits per heavy atom. The summed E-state index contributed by atoms with van der Waals surface area (Å²) in [6, 6.07) is 6.05. The molecule has 0 saturated carbocycles. The van der Waals surface area contributed by atoms with Gasteiger partial charge < -0.3 is 5.32 Å². The smallest absolute Gasteiger partial charge is 0.261 e. The van der Waals surface area contributed by atoms with E-state index in [-0.39, 0.29) is 11.6 Å². The van der Waals surface area contributed by atoms with Gasteiger partial charge in [0.05, 0.1) is 23.3 Å². The molecule has 0 spiro atoms. The van der Waals surface area contributed by atoms with Crippen LogP contribution in [0.1, 0.15) is 24.4 Å². The first-order valence-corrected chi connectivity index (χ1v) is 6.44. The molecule has 1 aromatic heterocycles. The third kappa shape index (κ3) is 1.93. The summed E-state index contributed by atoms with van der Waals surface area (Å²) in [6.07, 6.45) is 3.86. The number of piperidine rings is 1. The van der Waals surface area contributed by atoms with Gasteiger partial charge in [0.15, 0.2) is 0 Å². The van der Waals surface area contributed by atoms with Gasteiger partial charge in [-0.25, -0.2) is 4.98 Å². The first-order chi connectivity index (χ1) is 8.75. The zero-order valence-electron chi connectivity index (χ0n) is 10.5. The molecule has 18 heavy (non-hydrogen) atoms. The van der Waals surface area contributed by atoms with Gasteiger partial charge >= 0.3 is 0 Å². The van der Waals surface area contributed by atoms with Crippen LogP contribution in [-0.4, -0.2) is 22.6 Å². The van der Waals surface area contributed by atoms with Crippen LogP contribution in [0.25, 0.3) is 10.9 Å². The molecule has 1 aliphatic heterocycles. The van der Waals surface area contributed by atoms with Crippen LogP contribution in [-0.2, 0) is 0 Å². The SMILES string of the molecule is Cc1ccc2c(=O)n([C@H]3CCCNC3)cnc2c1. The number of fused-ring (bicyclic) bond motifs is 1. The average molecular weight is 243 g/mol. The van der Waals surface area contributed by atoms with Crippen LogP contribution in [0, 0.1) is 6.92 Å². The first-order valence-electron chi connectivity index (χ1n) is 6.44. The van der Waals surface area contributed by atoms with Crippen LogP contribution >= 0.6 is 0 Å². The van der Waals surface area contributed by atoms with Crippen molar-refractivity contribution in [2.45, 2.75) is 25.8 Å². The van der Waals surface area contributed by atoms with Crippen molar-refractivity contribution in [2.24, 2.45) is 0 Å². The predicted octanol–water partition coefficient (Wildman–Crippen LogP) is 1.63. The van der Waals surface area contributed by atoms with E-state index in [4.69, 9.17) is 0 Å². The molecular weight excluding hydrogens is 226 g/mol. The van der Waals surface area contributed by atoms with E-state index in [1.165, 1.54) is 0 Å². The number of rotatable bonds is 1. The largest absolute Gasteiger partial charge is 0.315 e. The second kappa shape index (κ2) is 4.53. The van der Waals surface area contributed by atoms with Crippen molar-refractivity contribution in [1.29, 1.82) is 0 Å². The van der Waals surface area contributed by atoms with Crippen molar-refractivity contribution in [3.05, 3.63) is 40.4 Å². The van der Waals surface area contributed by atoms with Gasteiger partial charge in [-0.1, -0.05) is 6.07 Å². The fraction of sp³-hybridized carbons (Fsp3) is 0.429. The van der Waals surface area contributed by atoms with Gasteiger partial charge in [-0.2, -0.15) is 0 Å². The lowest BCUT2D eigenvalue weighted by Crippen LogP contribution is -2.36. The van der Waals surface area contributed by atoms with E-state index >= 15 is 0 Å². The quantitative estimate of drug-likeness (QED) is 0.828. The third-order valence-corrected chi connectivity index (χ3v) is 3.60. The van der Waals surface area contributed by atoms with Crippen molar-refractivity contribution in [1.82, 2.24) is 14.9 Å². The maximum Gasteiger partial charge on any atom is 0.261 e. The molecule has 1 N–H and O–H groups in total. The lowest BCUT2D eigenvalue weighted by atomic mass is 10.1. The van der Waals surface area contributed by atoms with Crippen LogP contribution in [0.5, 0.6) is 0 Å². The minimum absolute atomic E-state index is 0.0775. The van der Waals surface area contributed by atoms with Crippen molar-refractivity contribution < 1.29 is 0 Å². The summed E-state index contributed by atoms with van der Waals surface area (Å²) in [6.45, 7) is 3.92. The van der Waals surface area contributed by atoms with Crippen LogP contribution in [0.2, 0.25) is 0 Å². The number of nitrogens with zero attached hydrogens (tertiary/aromatic N) is 2. The fourth-order valence-electron chi connectivity index (χ4n) is 2.58. The Hall–Kier alpha value is -1.68. The fourth-order valence-corrected chi connectivity index (χ4v) is 2.58. The lowest BCUT2D eigenvalue weighted by Gasteiger charge is -2.24. The highest BCUT2D eigenvalue weighted by molar-refractivity contribution is 5.77. The van der Waals surface area contributed by atoms with E-state index in [1.54, 1.807) is 10.9 Å². The highest BCUT2D eigenvalue weighted by atomic mass is 16.1. The van der Waals surface area contributed by atoms with E-state index in [0.717, 1.165) is 37.0 Å². The Labute approximate surface area is 106 Å². The molecule has 2 aromatic rings. The number of nitrogens with one attached hydrogen (secondary N) is 1. The number of benzene rings is 1. The van der Waals surface area contributed by atoms with Gasteiger partial charge in [-0.05, 0) is 44.0 Å². The third-order valence-electron chi connectivity index (χ3n) is 3.60. The van der Waals surface area contributed by atoms with Gasteiger partial charge in [0.2, 0.25) is 0 Å². The number of aryl methyl sites for hydroxylation is 1. The molecule has 0 radical (unpaired) electrons. The zero-order chi connectivity index (χ0) is 12.5. The first kappa shape index (κ1) is 11.4. The molecular formula is C14H17N3O. The van der Waals surface area contributed by atoms with Crippen molar-refractivity contribution in [2.75, 3.05) is 13.1 Å². The Bertz CT molecular complexity index is 626. The van der Waals surface area contributed by atoms with Crippen LogP contribution in [0.3, 0.4) is 0 Å². The van der Waals surface area contributed by atoms with E-state index in [2.05, 4.69) is 10.3 Å². The van der Waals surface area contributed by atoms with E-state index in [9.17, 15) is 4.79 Å². The molecule has 4 nitrogen and oxygen atoms in total. The molecule has 3 rings (SSSR count). The minimum atomic E-state index is 0.0775. The molecule has 1 aromatic carbocycles. The molecule has 94 valence electrons. The summed E-state index contributed by atoms with van der Waals surface area (Å²) in [5.41, 5.74) is 2.00. The zero-order valence-corrected chi connectivity index (χ0v) is 10.5. The maximum absolute atomic E-state index is 12.4. The van der Waals surface area contributed by atoms with Crippen molar-refractivity contribution in [3.8, 4) is 0 Å². The Kier molecular flexibility index (Phi) is 2.88. The summed E-state index contributed by atoms with van der Waals surface area (Å²) in [4.78, 5) is 16.8. The Morgan fingerprint density at radius 2 is 2.33 bits per heavy atom. The standard InChI is InChI=1S/C14H17N3O/c1-10-4-5-12-13(7-10)16-9-17(14(12)18)11-3-2-6-15-8-11/h4-5,7,9,11,15H,2-3,6,8H2,1H3/t11-/m0/s1. The van der Waals surface area contributed by atoms with Gasteiger partial charge in [0, 0.05) is 6.54 Å². The molecule has 1 atom stereocenters. The van der Waals surface area contributed by atoms with Crippen LogP contribution in [0.15, 0.2) is 29.3 Å². The molecule has 0 unspecified atom stereocenters. The van der Waals surface area contributed by atoms with E-state index in [1.807, 2.05) is 25.1 Å². The summed E-state index contributed by atoms with van der Waals surface area (Å²) in [7, 11) is 0. The second-order valence-electron chi connectivity index (χ2n) is 4.98.